The van der Waals surface area contributed by atoms with E-state index in [1.54, 1.807) is 0 Å². The predicted octanol–water partition coefficient (Wildman–Crippen LogP) is -13.8. The van der Waals surface area contributed by atoms with Crippen molar-refractivity contribution in [2.75, 3.05) is 0 Å². The van der Waals surface area contributed by atoms with E-state index in [0.717, 1.165) is 0 Å². The van der Waals surface area contributed by atoms with Crippen LogP contribution in [0.15, 0.2) is 0 Å². The smallest absolute Gasteiger partial charge is 0.907 e. The monoisotopic (exact) mass is 679 g/mol. The van der Waals surface area contributed by atoms with E-state index in [1.807, 2.05) is 0 Å². The first-order chi connectivity index (χ1) is 6.93. The summed E-state index contributed by atoms with van der Waals surface area (Å²) in [5.74, 6) is 0. The second kappa shape index (κ2) is 43.5. The zero-order chi connectivity index (χ0) is 14.3. The number of rotatable bonds is 0. The normalized spacial score (nSPS) is 5.40. The minimum Gasteiger partial charge on any atom is -0.907 e. The topological polar surface area (TPSA) is 268 Å². The molecule has 0 heterocycles. The molecule has 0 aromatic carbocycles. The molecule has 0 aromatic heterocycles. The zero-order valence-corrected chi connectivity index (χ0v) is 18.0. The summed E-state index contributed by atoms with van der Waals surface area (Å²) in [5, 5.41) is 97.2. The summed E-state index contributed by atoms with van der Waals surface area (Å²) < 4.78 is 0. The van der Waals surface area contributed by atoms with Gasteiger partial charge < -0.3 is 60.3 Å². The van der Waals surface area contributed by atoms with Crippen molar-refractivity contribution in [3.63, 3.8) is 0 Å². The van der Waals surface area contributed by atoms with Crippen LogP contribution in [0.2, 0.25) is 0 Å². The molecular formula is H6B4GdO12PTbY. The average Bonchev–Trinajstić information content (AvgIpc) is 1.76. The summed E-state index contributed by atoms with van der Waals surface area (Å²) in [6, 6.07) is 0. The van der Waals surface area contributed by atoms with E-state index in [9.17, 15) is 0 Å². The molecule has 20 heteroatoms. The third kappa shape index (κ3) is 623. The van der Waals surface area contributed by atoms with E-state index in [4.69, 9.17) is 60.3 Å². The first-order valence-electron chi connectivity index (χ1n) is 2.90. The molecule has 1 atom stereocenters. The van der Waals surface area contributed by atoms with Crippen LogP contribution < -0.4 is 45.2 Å². The summed E-state index contributed by atoms with van der Waals surface area (Å²) in [7, 11) is -10.9. The first-order valence-corrected chi connectivity index (χ1v) is 2.90. The summed E-state index contributed by atoms with van der Waals surface area (Å²) in [5.41, 5.74) is 0. The van der Waals surface area contributed by atoms with Crippen molar-refractivity contribution in [1.82, 2.24) is 0 Å². The summed E-state index contributed by atoms with van der Waals surface area (Å²) >= 11 is 0. The molecule has 3 N–H and O–H groups in total. The number of hydrogen-bond donors (Lipinski definition) is 3. The van der Waals surface area contributed by atoms with Gasteiger partial charge >= 0.3 is 119 Å². The molecule has 115 valence electrons. The van der Waals surface area contributed by atoms with Crippen LogP contribution >= 0.6 is 9.90 Å². The molecule has 0 spiro atoms. The predicted molar refractivity (Wildman–Crippen MR) is 40.8 cm³/mol. The summed E-state index contributed by atoms with van der Waals surface area (Å²) in [6.07, 6.45) is 0. The van der Waals surface area contributed by atoms with Crippen molar-refractivity contribution in [2.24, 2.45) is 0 Å². The van der Waals surface area contributed by atoms with Gasteiger partial charge in [0.1, 0.15) is 0 Å². The first kappa shape index (κ1) is 49.6. The van der Waals surface area contributed by atoms with E-state index in [0.29, 0.717) is 0 Å². The Bertz CT molecular complexity index is 78.4. The standard InChI is InChI=1S/BH3O3.3BO3.Gd.H3P.Tb.Y/c4*2-1(3)4;;;;/h2-4H;;;;;1H3;;/q;3*-3;+3;;2*+3. The Morgan fingerprint density at radius 2 is 0.550 bits per heavy atom. The van der Waals surface area contributed by atoms with E-state index >= 15 is 0 Å². The van der Waals surface area contributed by atoms with Crippen molar-refractivity contribution >= 4 is 39.2 Å². The SMILES string of the molecule is OB(O)O.P.[Gd+3].[O-]B([O-])[O-].[O-]B([O-])[O-].[O-]B([O-])[O-].[Tb+3].[Y+3]. The molecule has 0 aliphatic rings. The minimum atomic E-state index is -2.92. The Balaban J connectivity index is -0.0000000150. The third-order valence-corrected chi connectivity index (χ3v) is 0. The van der Waals surface area contributed by atoms with Crippen molar-refractivity contribution < 1.29 is 172 Å². The van der Waals surface area contributed by atoms with Crippen LogP contribution in [-0.4, -0.2) is 44.4 Å². The fourth-order valence-corrected chi connectivity index (χ4v) is 0. The van der Waals surface area contributed by atoms with Gasteiger partial charge in [-0.3, -0.25) is 22.0 Å². The van der Waals surface area contributed by atoms with Gasteiger partial charge in [0.25, 0.3) is 0 Å². The molecule has 0 aliphatic heterocycles. The Morgan fingerprint density at radius 1 is 0.550 bits per heavy atom. The van der Waals surface area contributed by atoms with E-state index in [-0.39, 0.29) is 121 Å². The molecule has 1 unspecified atom stereocenters. The van der Waals surface area contributed by atoms with Gasteiger partial charge in [-0.2, -0.15) is 9.90 Å². The third-order valence-electron chi connectivity index (χ3n) is 0. The maximum absolute atomic E-state index is 8.42. The second-order valence-electron chi connectivity index (χ2n) is 1.21. The fraction of sp³-hybridized carbons (Fsp3) is 0. The molecule has 0 fully saturated rings. The van der Waals surface area contributed by atoms with Crippen LogP contribution in [0.3, 0.4) is 0 Å². The molecule has 0 saturated carbocycles. The Hall–Kier alpha value is 3.92. The summed E-state index contributed by atoms with van der Waals surface area (Å²) in [4.78, 5) is 0. The van der Waals surface area contributed by atoms with Crippen LogP contribution in [0, 0.1) is 78.6 Å². The van der Waals surface area contributed by atoms with Gasteiger partial charge in [0.2, 0.25) is 0 Å². The van der Waals surface area contributed by atoms with Gasteiger partial charge in [-0.05, 0) is 0 Å². The molecule has 0 bridgehead atoms. The van der Waals surface area contributed by atoms with Crippen molar-refractivity contribution in [3.8, 4) is 0 Å². The summed E-state index contributed by atoms with van der Waals surface area (Å²) in [6.45, 7) is 0. The molecule has 0 saturated heterocycles. The Morgan fingerprint density at radius 3 is 0.550 bits per heavy atom. The molecule has 0 rings (SSSR count). The zero-order valence-electron chi connectivity index (χ0n) is 9.30. The maximum Gasteiger partial charge on any atom is 3.00 e. The van der Waals surface area contributed by atoms with Crippen LogP contribution in [0.4, 0.5) is 0 Å². The molecule has 1 radical (unpaired) electrons. The minimum absolute atomic E-state index is 0. The fourth-order valence-electron chi connectivity index (χ4n) is 0. The van der Waals surface area contributed by atoms with Crippen LogP contribution in [-0.2, 0) is 32.7 Å². The van der Waals surface area contributed by atoms with Gasteiger partial charge in [0.05, 0.1) is 0 Å². The second-order valence-corrected chi connectivity index (χ2v) is 1.21. The number of hydrogen-bond acceptors (Lipinski definition) is 12. The molecular weight excluding hydrogens is 671 g/mol. The maximum atomic E-state index is 8.42. The molecule has 20 heavy (non-hydrogen) atoms. The van der Waals surface area contributed by atoms with E-state index in [1.165, 1.54) is 0 Å². The van der Waals surface area contributed by atoms with Crippen LogP contribution in [0.5, 0.6) is 0 Å². The van der Waals surface area contributed by atoms with Crippen molar-refractivity contribution in [2.45, 2.75) is 0 Å². The van der Waals surface area contributed by atoms with Crippen molar-refractivity contribution in [3.05, 3.63) is 0 Å². The van der Waals surface area contributed by atoms with E-state index < -0.39 is 29.3 Å². The van der Waals surface area contributed by atoms with Gasteiger partial charge in [-0.15, -0.1) is 0 Å². The average molecular weight is 677 g/mol. The van der Waals surface area contributed by atoms with Gasteiger partial charge in [0.15, 0.2) is 0 Å². The molecule has 0 amide bonds. The van der Waals surface area contributed by atoms with Crippen molar-refractivity contribution in [1.29, 1.82) is 0 Å². The Labute approximate surface area is 207 Å². The molecule has 0 aliphatic carbocycles. The Kier molecular flexibility index (Phi) is 108. The quantitative estimate of drug-likeness (QED) is 0.159. The molecule has 12 nitrogen and oxygen atoms in total. The molecule has 0 aromatic rings. The van der Waals surface area contributed by atoms with E-state index in [2.05, 4.69) is 0 Å². The van der Waals surface area contributed by atoms with Crippen LogP contribution in [0.1, 0.15) is 0 Å². The van der Waals surface area contributed by atoms with Gasteiger partial charge in [-0.1, -0.05) is 0 Å². The van der Waals surface area contributed by atoms with Crippen LogP contribution in [0.25, 0.3) is 0 Å². The van der Waals surface area contributed by atoms with Gasteiger partial charge in [-0.25, -0.2) is 0 Å². The van der Waals surface area contributed by atoms with Gasteiger partial charge in [0, 0.05) is 0 Å². The largest absolute Gasteiger partial charge is 3.00 e.